The minimum absolute atomic E-state index is 0.0495. The number of carboxylic acid groups (broad SMARTS) is 1. The smallest absolute Gasteiger partial charge is 0.326 e. The van der Waals surface area contributed by atoms with Crippen molar-refractivity contribution in [2.75, 3.05) is 0 Å². The average molecular weight is 243 g/mol. The Morgan fingerprint density at radius 3 is 1.94 bits per heavy atom. The first-order valence-electron chi connectivity index (χ1n) is 6.08. The Morgan fingerprint density at radius 2 is 1.65 bits per heavy atom. The molecule has 1 unspecified atom stereocenters. The lowest BCUT2D eigenvalue weighted by atomic mass is 9.80. The van der Waals surface area contributed by atoms with Crippen molar-refractivity contribution < 1.29 is 14.7 Å². The molecule has 0 aliphatic carbocycles. The molecule has 0 aromatic rings. The summed E-state index contributed by atoms with van der Waals surface area (Å²) in [5, 5.41) is 11.6. The van der Waals surface area contributed by atoms with Crippen LogP contribution < -0.4 is 5.32 Å². The van der Waals surface area contributed by atoms with Crippen molar-refractivity contribution in [1.82, 2.24) is 5.32 Å². The van der Waals surface area contributed by atoms with Crippen LogP contribution in [0.1, 0.15) is 48.0 Å². The van der Waals surface area contributed by atoms with Gasteiger partial charge in [0.1, 0.15) is 6.04 Å². The Bertz CT molecular complexity index is 279. The number of hydrogen-bond donors (Lipinski definition) is 2. The number of aliphatic carboxylic acids is 1. The predicted molar refractivity (Wildman–Crippen MR) is 67.6 cm³/mol. The summed E-state index contributed by atoms with van der Waals surface area (Å²) in [4.78, 5) is 22.7. The minimum atomic E-state index is -0.975. The van der Waals surface area contributed by atoms with Crippen LogP contribution in [0.3, 0.4) is 0 Å². The first-order valence-corrected chi connectivity index (χ1v) is 6.08. The Hall–Kier alpha value is -1.06. The zero-order chi connectivity index (χ0) is 13.8. The molecule has 4 nitrogen and oxygen atoms in total. The second kappa shape index (κ2) is 6.03. The Kier molecular flexibility index (Phi) is 5.66. The van der Waals surface area contributed by atoms with Crippen molar-refractivity contribution in [2.45, 2.75) is 54.0 Å². The van der Waals surface area contributed by atoms with E-state index in [0.29, 0.717) is 6.42 Å². The number of carbonyl (C=O) groups is 2. The van der Waals surface area contributed by atoms with Crippen molar-refractivity contribution in [1.29, 1.82) is 0 Å². The van der Waals surface area contributed by atoms with Gasteiger partial charge in [-0.2, -0.15) is 0 Å². The second-order valence-electron chi connectivity index (χ2n) is 6.10. The van der Waals surface area contributed by atoms with E-state index in [0.717, 1.165) is 0 Å². The molecule has 17 heavy (non-hydrogen) atoms. The monoisotopic (exact) mass is 243 g/mol. The van der Waals surface area contributed by atoms with Gasteiger partial charge in [0, 0.05) is 6.42 Å². The van der Waals surface area contributed by atoms with Gasteiger partial charge in [0.05, 0.1) is 0 Å². The summed E-state index contributed by atoms with van der Waals surface area (Å²) in [5.41, 5.74) is 0.0495. The molecule has 0 spiro atoms. The summed E-state index contributed by atoms with van der Waals surface area (Å²) < 4.78 is 0. The third-order valence-electron chi connectivity index (χ3n) is 3.22. The highest BCUT2D eigenvalue weighted by molar-refractivity contribution is 5.83. The van der Waals surface area contributed by atoms with Crippen LogP contribution in [0.2, 0.25) is 0 Å². The van der Waals surface area contributed by atoms with Crippen LogP contribution >= 0.6 is 0 Å². The highest BCUT2D eigenvalue weighted by Crippen LogP contribution is 2.27. The molecule has 0 radical (unpaired) electrons. The highest BCUT2D eigenvalue weighted by Gasteiger charge is 2.27. The topological polar surface area (TPSA) is 66.4 Å². The summed E-state index contributed by atoms with van der Waals surface area (Å²) in [5.74, 6) is -1.06. The Balaban J connectivity index is 4.40. The van der Waals surface area contributed by atoms with E-state index in [-0.39, 0.29) is 23.2 Å². The van der Waals surface area contributed by atoms with E-state index >= 15 is 0 Å². The largest absolute Gasteiger partial charge is 0.480 e. The summed E-state index contributed by atoms with van der Waals surface area (Å²) in [6.07, 6.45) is 0.361. The van der Waals surface area contributed by atoms with E-state index in [9.17, 15) is 9.59 Å². The first kappa shape index (κ1) is 15.9. The Labute approximate surface area is 104 Å². The molecule has 0 saturated carbocycles. The number of amides is 1. The first-order chi connectivity index (χ1) is 7.55. The summed E-state index contributed by atoms with van der Waals surface area (Å²) in [6, 6.07) is -0.797. The van der Waals surface area contributed by atoms with E-state index < -0.39 is 12.0 Å². The van der Waals surface area contributed by atoms with Gasteiger partial charge >= 0.3 is 5.97 Å². The van der Waals surface area contributed by atoms with Crippen molar-refractivity contribution in [2.24, 2.45) is 17.3 Å². The molecule has 0 aliphatic rings. The summed E-state index contributed by atoms with van der Waals surface area (Å²) >= 11 is 0. The van der Waals surface area contributed by atoms with Crippen LogP contribution in [0.4, 0.5) is 0 Å². The fourth-order valence-corrected chi connectivity index (χ4v) is 1.33. The number of carboxylic acids is 1. The molecule has 0 aromatic carbocycles. The third kappa shape index (κ3) is 5.71. The van der Waals surface area contributed by atoms with Crippen LogP contribution in [-0.2, 0) is 9.59 Å². The zero-order valence-corrected chi connectivity index (χ0v) is 11.7. The van der Waals surface area contributed by atoms with Crippen LogP contribution in [0.5, 0.6) is 0 Å². The maximum Gasteiger partial charge on any atom is 0.326 e. The van der Waals surface area contributed by atoms with Crippen LogP contribution in [0.15, 0.2) is 0 Å². The molecule has 2 atom stereocenters. The number of rotatable bonds is 5. The fourth-order valence-electron chi connectivity index (χ4n) is 1.33. The number of carbonyl (C=O) groups excluding carboxylic acids is 1. The van der Waals surface area contributed by atoms with Crippen molar-refractivity contribution in [3.05, 3.63) is 0 Å². The van der Waals surface area contributed by atoms with Gasteiger partial charge in [-0.05, 0) is 17.3 Å². The lowest BCUT2D eigenvalue weighted by Crippen LogP contribution is -2.45. The fraction of sp³-hybridized carbons (Fsp3) is 0.846. The molecule has 0 rings (SSSR count). The van der Waals surface area contributed by atoms with Crippen LogP contribution in [-0.4, -0.2) is 23.0 Å². The molecule has 100 valence electrons. The van der Waals surface area contributed by atoms with Gasteiger partial charge in [-0.3, -0.25) is 4.79 Å². The zero-order valence-electron chi connectivity index (χ0n) is 11.7. The van der Waals surface area contributed by atoms with Gasteiger partial charge in [-0.1, -0.05) is 41.5 Å². The molecule has 0 fully saturated rings. The quantitative estimate of drug-likeness (QED) is 0.778. The van der Waals surface area contributed by atoms with E-state index in [4.69, 9.17) is 5.11 Å². The van der Waals surface area contributed by atoms with Gasteiger partial charge in [-0.25, -0.2) is 4.79 Å². The van der Waals surface area contributed by atoms with Gasteiger partial charge in [0.2, 0.25) is 5.91 Å². The van der Waals surface area contributed by atoms with E-state index in [1.54, 1.807) is 13.8 Å². The standard InChI is InChI=1S/C13H25NO3/c1-8(2)11(12(16)17)14-10(15)7-9(3)13(4,5)6/h8-9,11H,7H2,1-6H3,(H,14,15)(H,16,17)/t9?,11-/m0/s1. The van der Waals surface area contributed by atoms with E-state index in [1.165, 1.54) is 0 Å². The number of nitrogens with one attached hydrogen (secondary N) is 1. The van der Waals surface area contributed by atoms with E-state index in [1.807, 2.05) is 6.92 Å². The lowest BCUT2D eigenvalue weighted by molar-refractivity contribution is -0.143. The molecule has 0 aliphatic heterocycles. The molecule has 0 saturated heterocycles. The summed E-state index contributed by atoms with van der Waals surface area (Å²) in [7, 11) is 0. The number of hydrogen-bond acceptors (Lipinski definition) is 2. The molecule has 4 heteroatoms. The van der Waals surface area contributed by atoms with Gasteiger partial charge < -0.3 is 10.4 Å². The van der Waals surface area contributed by atoms with Crippen LogP contribution in [0.25, 0.3) is 0 Å². The maximum absolute atomic E-state index is 11.7. The van der Waals surface area contributed by atoms with Gasteiger partial charge in [0.25, 0.3) is 0 Å². The molecule has 0 aromatic heterocycles. The van der Waals surface area contributed by atoms with Gasteiger partial charge in [-0.15, -0.1) is 0 Å². The lowest BCUT2D eigenvalue weighted by Gasteiger charge is -2.27. The molecular formula is C13H25NO3. The highest BCUT2D eigenvalue weighted by atomic mass is 16.4. The van der Waals surface area contributed by atoms with Crippen molar-refractivity contribution in [3.63, 3.8) is 0 Å². The van der Waals surface area contributed by atoms with Crippen molar-refractivity contribution in [3.8, 4) is 0 Å². The van der Waals surface area contributed by atoms with E-state index in [2.05, 4.69) is 26.1 Å². The SMILES string of the molecule is CC(C)[C@H](NC(=O)CC(C)C(C)(C)C)C(=O)O. The predicted octanol–water partition coefficient (Wildman–Crippen LogP) is 2.28. The van der Waals surface area contributed by atoms with Crippen molar-refractivity contribution >= 4 is 11.9 Å². The molecule has 0 bridgehead atoms. The molecular weight excluding hydrogens is 218 g/mol. The maximum atomic E-state index is 11.7. The third-order valence-corrected chi connectivity index (χ3v) is 3.22. The average Bonchev–Trinajstić information content (AvgIpc) is 2.11. The Morgan fingerprint density at radius 1 is 1.18 bits per heavy atom. The molecule has 2 N–H and O–H groups in total. The van der Waals surface area contributed by atoms with Gasteiger partial charge in [0.15, 0.2) is 0 Å². The molecule has 1 amide bonds. The molecule has 0 heterocycles. The second-order valence-corrected chi connectivity index (χ2v) is 6.10. The minimum Gasteiger partial charge on any atom is -0.480 e. The summed E-state index contributed by atoms with van der Waals surface area (Å²) in [6.45, 7) is 11.8. The van der Waals surface area contributed by atoms with Crippen LogP contribution in [0, 0.1) is 17.3 Å². The normalized spacial score (nSPS) is 15.5.